The Balaban J connectivity index is 2.07. The molecule has 0 aliphatic carbocycles. The number of hydrogen-bond donors (Lipinski definition) is 1. The zero-order chi connectivity index (χ0) is 13.8. The summed E-state index contributed by atoms with van der Waals surface area (Å²) >= 11 is 3.32. The fourth-order valence-electron chi connectivity index (χ4n) is 2.62. The fraction of sp³-hybridized carbons (Fsp3) is 0.571. The summed E-state index contributed by atoms with van der Waals surface area (Å²) < 4.78 is 19.5. The molecule has 1 fully saturated rings. The summed E-state index contributed by atoms with van der Waals surface area (Å²) in [5, 5.41) is 0. The first-order chi connectivity index (χ1) is 9.15. The summed E-state index contributed by atoms with van der Waals surface area (Å²) in [5.74, 6) is -0.214. The van der Waals surface area contributed by atoms with E-state index in [0.717, 1.165) is 31.5 Å². The van der Waals surface area contributed by atoms with Gasteiger partial charge in [0.25, 0.3) is 0 Å². The molecule has 0 amide bonds. The average Bonchev–Trinajstić information content (AvgIpc) is 2.44. The van der Waals surface area contributed by atoms with Crippen LogP contribution in [0, 0.1) is 5.82 Å². The van der Waals surface area contributed by atoms with Gasteiger partial charge in [-0.3, -0.25) is 4.90 Å². The van der Waals surface area contributed by atoms with Crippen LogP contribution >= 0.6 is 15.9 Å². The van der Waals surface area contributed by atoms with Crippen molar-refractivity contribution in [1.82, 2.24) is 4.90 Å². The predicted molar refractivity (Wildman–Crippen MR) is 77.4 cm³/mol. The lowest BCUT2D eigenvalue weighted by atomic mass is 9.98. The lowest BCUT2D eigenvalue weighted by Crippen LogP contribution is -2.48. The zero-order valence-electron chi connectivity index (χ0n) is 11.1. The minimum absolute atomic E-state index is 0.214. The first-order valence-electron chi connectivity index (χ1n) is 6.55. The van der Waals surface area contributed by atoms with E-state index in [1.807, 2.05) is 6.07 Å². The molecule has 2 rings (SSSR count). The molecule has 1 aliphatic heterocycles. The van der Waals surface area contributed by atoms with Crippen molar-refractivity contribution >= 4 is 15.9 Å². The molecule has 0 spiro atoms. The minimum atomic E-state index is -0.214. The van der Waals surface area contributed by atoms with Crippen molar-refractivity contribution in [3.63, 3.8) is 0 Å². The number of nitrogens with zero attached hydrogens (tertiary/aromatic N) is 1. The van der Waals surface area contributed by atoms with Crippen LogP contribution in [-0.4, -0.2) is 37.2 Å². The van der Waals surface area contributed by atoms with E-state index in [0.29, 0.717) is 23.2 Å². The molecule has 1 aliphatic rings. The number of rotatable bonds is 4. The van der Waals surface area contributed by atoms with Gasteiger partial charge in [-0.2, -0.15) is 0 Å². The van der Waals surface area contributed by atoms with Crippen LogP contribution in [0.1, 0.15) is 18.4 Å². The number of piperidine rings is 1. The van der Waals surface area contributed by atoms with E-state index in [1.165, 1.54) is 6.07 Å². The largest absolute Gasteiger partial charge is 0.381 e. The van der Waals surface area contributed by atoms with Gasteiger partial charge in [0.15, 0.2) is 0 Å². The van der Waals surface area contributed by atoms with Gasteiger partial charge in [0.1, 0.15) is 5.82 Å². The van der Waals surface area contributed by atoms with Crippen molar-refractivity contribution in [2.24, 2.45) is 5.73 Å². The van der Waals surface area contributed by atoms with Gasteiger partial charge in [0.05, 0.1) is 10.6 Å². The van der Waals surface area contributed by atoms with Crippen LogP contribution in [0.5, 0.6) is 0 Å². The molecule has 19 heavy (non-hydrogen) atoms. The van der Waals surface area contributed by atoms with Crippen LogP contribution in [0.15, 0.2) is 22.7 Å². The Hall–Kier alpha value is -0.490. The molecule has 3 nitrogen and oxygen atoms in total. The topological polar surface area (TPSA) is 38.5 Å². The van der Waals surface area contributed by atoms with Gasteiger partial charge in [-0.25, -0.2) is 4.39 Å². The second-order valence-corrected chi connectivity index (χ2v) is 5.75. The Morgan fingerprint density at radius 1 is 1.53 bits per heavy atom. The van der Waals surface area contributed by atoms with E-state index < -0.39 is 0 Å². The molecular weight excluding hydrogens is 311 g/mol. The zero-order valence-corrected chi connectivity index (χ0v) is 12.7. The minimum Gasteiger partial charge on any atom is -0.381 e. The van der Waals surface area contributed by atoms with Crippen molar-refractivity contribution in [1.29, 1.82) is 0 Å². The van der Waals surface area contributed by atoms with Crippen molar-refractivity contribution in [2.75, 3.05) is 20.2 Å². The summed E-state index contributed by atoms with van der Waals surface area (Å²) in [4.78, 5) is 2.31. The molecule has 1 aromatic rings. The number of ether oxygens (including phenoxy) is 1. The van der Waals surface area contributed by atoms with Gasteiger partial charge in [0.2, 0.25) is 0 Å². The highest BCUT2D eigenvalue weighted by atomic mass is 79.9. The van der Waals surface area contributed by atoms with E-state index in [9.17, 15) is 4.39 Å². The van der Waals surface area contributed by atoms with Crippen LogP contribution < -0.4 is 5.73 Å². The highest BCUT2D eigenvalue weighted by Crippen LogP contribution is 2.26. The summed E-state index contributed by atoms with van der Waals surface area (Å²) in [6.45, 7) is 2.26. The van der Waals surface area contributed by atoms with Crippen LogP contribution in [0.2, 0.25) is 0 Å². The molecule has 1 heterocycles. The standard InChI is InChI=1S/C14H20BrFN2O/c1-19-12-5-6-18(11(7-12)8-17)9-10-3-2-4-13(16)14(10)15/h2-4,11-12H,5-9,17H2,1H3. The summed E-state index contributed by atoms with van der Waals surface area (Å²) in [6, 6.07) is 5.46. The highest BCUT2D eigenvalue weighted by Gasteiger charge is 2.27. The first-order valence-corrected chi connectivity index (χ1v) is 7.34. The molecule has 2 N–H and O–H groups in total. The smallest absolute Gasteiger partial charge is 0.137 e. The predicted octanol–water partition coefficient (Wildman–Crippen LogP) is 2.53. The Labute approximate surface area is 122 Å². The molecule has 2 unspecified atom stereocenters. The quantitative estimate of drug-likeness (QED) is 0.921. The third-order valence-electron chi connectivity index (χ3n) is 3.80. The average molecular weight is 331 g/mol. The molecular formula is C14H20BrFN2O. The fourth-order valence-corrected chi connectivity index (χ4v) is 3.01. The molecule has 5 heteroatoms. The van der Waals surface area contributed by atoms with E-state index in [-0.39, 0.29) is 5.82 Å². The maximum atomic E-state index is 13.5. The normalized spacial score (nSPS) is 24.6. The van der Waals surface area contributed by atoms with Crippen molar-refractivity contribution in [3.8, 4) is 0 Å². The Kier molecular flexibility index (Phi) is 5.33. The molecule has 0 bridgehead atoms. The van der Waals surface area contributed by atoms with Crippen LogP contribution in [0.25, 0.3) is 0 Å². The van der Waals surface area contributed by atoms with Gasteiger partial charge in [-0.15, -0.1) is 0 Å². The second kappa shape index (κ2) is 6.79. The summed E-state index contributed by atoms with van der Waals surface area (Å²) in [7, 11) is 1.75. The maximum Gasteiger partial charge on any atom is 0.137 e. The number of methoxy groups -OCH3 is 1. The van der Waals surface area contributed by atoms with E-state index in [1.54, 1.807) is 13.2 Å². The van der Waals surface area contributed by atoms with Crippen LogP contribution in [0.4, 0.5) is 4.39 Å². The molecule has 0 radical (unpaired) electrons. The molecule has 1 saturated heterocycles. The molecule has 0 aromatic heterocycles. The second-order valence-electron chi connectivity index (χ2n) is 4.96. The SMILES string of the molecule is COC1CCN(Cc2cccc(F)c2Br)C(CN)C1. The van der Waals surface area contributed by atoms with Gasteiger partial charge in [0, 0.05) is 32.8 Å². The number of likely N-dealkylation sites (tertiary alicyclic amines) is 1. The Bertz CT molecular complexity index is 430. The van der Waals surface area contributed by atoms with Crippen molar-refractivity contribution in [3.05, 3.63) is 34.1 Å². The summed E-state index contributed by atoms with van der Waals surface area (Å²) in [6.07, 6.45) is 2.24. The molecule has 2 atom stereocenters. The van der Waals surface area contributed by atoms with Crippen molar-refractivity contribution < 1.29 is 9.13 Å². The lowest BCUT2D eigenvalue weighted by molar-refractivity contribution is 0.0101. The van der Waals surface area contributed by atoms with Gasteiger partial charge < -0.3 is 10.5 Å². The molecule has 106 valence electrons. The number of benzene rings is 1. The maximum absolute atomic E-state index is 13.5. The molecule has 0 saturated carbocycles. The number of halogens is 2. The third-order valence-corrected chi connectivity index (χ3v) is 4.69. The van der Waals surface area contributed by atoms with Gasteiger partial charge in [-0.1, -0.05) is 12.1 Å². The van der Waals surface area contributed by atoms with E-state index in [2.05, 4.69) is 20.8 Å². The van der Waals surface area contributed by atoms with E-state index >= 15 is 0 Å². The first kappa shape index (κ1) is 14.9. The Morgan fingerprint density at radius 3 is 3.00 bits per heavy atom. The van der Waals surface area contributed by atoms with Crippen molar-refractivity contribution in [2.45, 2.75) is 31.5 Å². The molecule has 1 aromatic carbocycles. The van der Waals surface area contributed by atoms with Gasteiger partial charge in [-0.05, 0) is 40.4 Å². The van der Waals surface area contributed by atoms with Gasteiger partial charge >= 0.3 is 0 Å². The number of nitrogens with two attached hydrogens (primary N) is 1. The monoisotopic (exact) mass is 330 g/mol. The third kappa shape index (κ3) is 3.54. The summed E-state index contributed by atoms with van der Waals surface area (Å²) in [5.41, 5.74) is 6.82. The van der Waals surface area contributed by atoms with Crippen LogP contribution in [0.3, 0.4) is 0 Å². The highest BCUT2D eigenvalue weighted by molar-refractivity contribution is 9.10. The lowest BCUT2D eigenvalue weighted by Gasteiger charge is -2.38. The number of hydrogen-bond acceptors (Lipinski definition) is 3. The Morgan fingerprint density at radius 2 is 2.32 bits per heavy atom. The van der Waals surface area contributed by atoms with E-state index in [4.69, 9.17) is 10.5 Å². The van der Waals surface area contributed by atoms with Crippen LogP contribution in [-0.2, 0) is 11.3 Å².